The molecular formula is C11H20N+. The van der Waals surface area contributed by atoms with E-state index in [0.717, 1.165) is 11.0 Å². The molecule has 1 atom stereocenters. The summed E-state index contributed by atoms with van der Waals surface area (Å²) in [6.45, 7) is 10.1. The number of nitrogens with zero attached hydrogens (tertiary/aromatic N) is 1. The van der Waals surface area contributed by atoms with Gasteiger partial charge in [0.1, 0.15) is 12.4 Å². The average Bonchev–Trinajstić information content (AvgIpc) is 2.32. The van der Waals surface area contributed by atoms with E-state index >= 15 is 0 Å². The van der Waals surface area contributed by atoms with Crippen LogP contribution in [0.5, 0.6) is 0 Å². The standard InChI is InChI=1S/C11H20N/c1-6-12(5)8-7-10(9-12)11(2,3)4/h7-9H,6H2,1-5H3/q+1. The largest absolute Gasteiger partial charge is 0.273 e. The van der Waals surface area contributed by atoms with E-state index in [9.17, 15) is 0 Å². The highest BCUT2D eigenvalue weighted by molar-refractivity contribution is 5.25. The maximum absolute atomic E-state index is 2.35. The van der Waals surface area contributed by atoms with Crippen molar-refractivity contribution in [3.05, 3.63) is 24.0 Å². The van der Waals surface area contributed by atoms with E-state index < -0.39 is 0 Å². The van der Waals surface area contributed by atoms with E-state index in [1.807, 2.05) is 0 Å². The first-order valence-corrected chi connectivity index (χ1v) is 4.65. The summed E-state index contributed by atoms with van der Waals surface area (Å²) in [6.07, 6.45) is 6.87. The van der Waals surface area contributed by atoms with Gasteiger partial charge in [-0.25, -0.2) is 0 Å². The third-order valence-corrected chi connectivity index (χ3v) is 2.58. The van der Waals surface area contributed by atoms with E-state index in [4.69, 9.17) is 0 Å². The van der Waals surface area contributed by atoms with Crippen LogP contribution < -0.4 is 0 Å². The van der Waals surface area contributed by atoms with Gasteiger partial charge < -0.3 is 0 Å². The van der Waals surface area contributed by atoms with Crippen LogP contribution in [0, 0.1) is 5.41 Å². The Kier molecular flexibility index (Phi) is 2.17. The Labute approximate surface area is 76.0 Å². The Balaban J connectivity index is 2.88. The molecular weight excluding hydrogens is 146 g/mol. The minimum absolute atomic E-state index is 0.293. The minimum Gasteiger partial charge on any atom is -0.273 e. The lowest BCUT2D eigenvalue weighted by atomic mass is 9.88. The maximum atomic E-state index is 2.35. The Morgan fingerprint density at radius 1 is 1.33 bits per heavy atom. The van der Waals surface area contributed by atoms with Crippen molar-refractivity contribution in [3.63, 3.8) is 0 Å². The lowest BCUT2D eigenvalue weighted by Crippen LogP contribution is -2.29. The number of allylic oxidation sites excluding steroid dienone is 2. The number of rotatable bonds is 1. The molecule has 1 aliphatic heterocycles. The summed E-state index contributed by atoms with van der Waals surface area (Å²) in [5.41, 5.74) is 1.74. The zero-order valence-electron chi connectivity index (χ0n) is 8.89. The second kappa shape index (κ2) is 2.74. The predicted molar refractivity (Wildman–Crippen MR) is 53.4 cm³/mol. The monoisotopic (exact) mass is 166 g/mol. The molecule has 12 heavy (non-hydrogen) atoms. The summed E-state index contributed by atoms with van der Waals surface area (Å²) in [5, 5.41) is 0. The summed E-state index contributed by atoms with van der Waals surface area (Å²) < 4.78 is 0.951. The van der Waals surface area contributed by atoms with Crippen LogP contribution in [0.15, 0.2) is 24.0 Å². The number of quaternary nitrogens is 1. The highest BCUT2D eigenvalue weighted by Gasteiger charge is 2.26. The van der Waals surface area contributed by atoms with Crippen molar-refractivity contribution in [2.24, 2.45) is 5.41 Å². The molecule has 0 fully saturated rings. The van der Waals surface area contributed by atoms with Gasteiger partial charge in [0.25, 0.3) is 0 Å². The van der Waals surface area contributed by atoms with Crippen LogP contribution in [-0.4, -0.2) is 18.1 Å². The van der Waals surface area contributed by atoms with Crippen LogP contribution in [0.1, 0.15) is 27.7 Å². The van der Waals surface area contributed by atoms with Crippen molar-refractivity contribution in [3.8, 4) is 0 Å². The molecule has 0 aromatic heterocycles. The van der Waals surface area contributed by atoms with Crippen molar-refractivity contribution in [1.29, 1.82) is 0 Å². The molecule has 0 aromatic rings. The van der Waals surface area contributed by atoms with Gasteiger partial charge in [-0.3, -0.25) is 4.48 Å². The fraction of sp³-hybridized carbons (Fsp3) is 0.636. The summed E-state index contributed by atoms with van der Waals surface area (Å²) in [5.74, 6) is 0. The van der Waals surface area contributed by atoms with E-state index in [0.29, 0.717) is 5.41 Å². The molecule has 0 bridgehead atoms. The van der Waals surface area contributed by atoms with Crippen molar-refractivity contribution in [2.45, 2.75) is 27.7 Å². The molecule has 1 aliphatic rings. The zero-order chi connectivity index (χ0) is 9.41. The molecule has 0 saturated carbocycles. The van der Waals surface area contributed by atoms with Crippen LogP contribution in [0.3, 0.4) is 0 Å². The van der Waals surface area contributed by atoms with Crippen LogP contribution >= 0.6 is 0 Å². The number of hydrogen-bond donors (Lipinski definition) is 0. The third-order valence-electron chi connectivity index (χ3n) is 2.58. The molecule has 1 rings (SSSR count). The van der Waals surface area contributed by atoms with Crippen LogP contribution in [0.25, 0.3) is 0 Å². The van der Waals surface area contributed by atoms with E-state index in [-0.39, 0.29) is 0 Å². The van der Waals surface area contributed by atoms with Gasteiger partial charge in [-0.2, -0.15) is 0 Å². The Morgan fingerprint density at radius 3 is 2.17 bits per heavy atom. The summed E-state index contributed by atoms with van der Waals surface area (Å²) in [6, 6.07) is 0. The number of hydrogen-bond acceptors (Lipinski definition) is 0. The van der Waals surface area contributed by atoms with Gasteiger partial charge in [0.05, 0.1) is 13.6 Å². The lowest BCUT2D eigenvalue weighted by Gasteiger charge is -2.22. The third kappa shape index (κ3) is 1.78. The summed E-state index contributed by atoms with van der Waals surface area (Å²) in [7, 11) is 2.23. The molecule has 0 saturated heterocycles. The molecule has 1 nitrogen and oxygen atoms in total. The molecule has 1 heterocycles. The van der Waals surface area contributed by atoms with E-state index in [2.05, 4.69) is 53.2 Å². The molecule has 0 aromatic carbocycles. The smallest absolute Gasteiger partial charge is 0.104 e. The first kappa shape index (κ1) is 9.53. The fourth-order valence-electron chi connectivity index (χ4n) is 1.29. The summed E-state index contributed by atoms with van der Waals surface area (Å²) in [4.78, 5) is 0. The highest BCUT2D eigenvalue weighted by Crippen LogP contribution is 2.32. The molecule has 0 radical (unpaired) electrons. The topological polar surface area (TPSA) is 0 Å². The van der Waals surface area contributed by atoms with Gasteiger partial charge in [0.2, 0.25) is 0 Å². The molecule has 0 spiro atoms. The Hall–Kier alpha value is -0.560. The van der Waals surface area contributed by atoms with Crippen molar-refractivity contribution < 1.29 is 4.48 Å². The van der Waals surface area contributed by atoms with E-state index in [1.54, 1.807) is 0 Å². The predicted octanol–water partition coefficient (Wildman–Crippen LogP) is 2.91. The van der Waals surface area contributed by atoms with E-state index in [1.165, 1.54) is 5.57 Å². The second-order valence-corrected chi connectivity index (χ2v) is 4.81. The zero-order valence-corrected chi connectivity index (χ0v) is 8.89. The summed E-state index contributed by atoms with van der Waals surface area (Å²) >= 11 is 0. The van der Waals surface area contributed by atoms with Gasteiger partial charge in [-0.05, 0) is 12.3 Å². The average molecular weight is 166 g/mol. The molecule has 0 N–H and O–H groups in total. The first-order chi connectivity index (χ1) is 5.37. The quantitative estimate of drug-likeness (QED) is 0.525. The lowest BCUT2D eigenvalue weighted by molar-refractivity contribution is -0.802. The van der Waals surface area contributed by atoms with Crippen LogP contribution in [-0.2, 0) is 0 Å². The normalized spacial score (nSPS) is 29.2. The maximum Gasteiger partial charge on any atom is 0.104 e. The highest BCUT2D eigenvalue weighted by atomic mass is 15.3. The minimum atomic E-state index is 0.293. The molecule has 0 amide bonds. The van der Waals surface area contributed by atoms with Gasteiger partial charge in [-0.15, -0.1) is 0 Å². The Bertz CT molecular complexity index is 230. The molecule has 1 heteroatoms. The second-order valence-electron chi connectivity index (χ2n) is 4.81. The van der Waals surface area contributed by atoms with Crippen LogP contribution in [0.4, 0.5) is 0 Å². The Morgan fingerprint density at radius 2 is 1.92 bits per heavy atom. The van der Waals surface area contributed by atoms with Gasteiger partial charge in [0.15, 0.2) is 0 Å². The van der Waals surface area contributed by atoms with Crippen molar-refractivity contribution in [1.82, 2.24) is 0 Å². The van der Waals surface area contributed by atoms with Crippen molar-refractivity contribution in [2.75, 3.05) is 13.6 Å². The molecule has 1 unspecified atom stereocenters. The van der Waals surface area contributed by atoms with Crippen LogP contribution in [0.2, 0.25) is 0 Å². The van der Waals surface area contributed by atoms with Gasteiger partial charge in [-0.1, -0.05) is 20.8 Å². The van der Waals surface area contributed by atoms with Gasteiger partial charge >= 0.3 is 0 Å². The molecule has 68 valence electrons. The van der Waals surface area contributed by atoms with Gasteiger partial charge in [0, 0.05) is 11.6 Å². The molecule has 0 aliphatic carbocycles. The SMILES string of the molecule is CC[N+]1(C)C=CC(C(C)(C)C)=C1. The first-order valence-electron chi connectivity index (χ1n) is 4.65. The fourth-order valence-corrected chi connectivity index (χ4v) is 1.29. The van der Waals surface area contributed by atoms with Crippen molar-refractivity contribution >= 4 is 0 Å².